The molecule has 0 amide bonds. The van der Waals surface area contributed by atoms with E-state index in [9.17, 15) is 9.90 Å². The third kappa shape index (κ3) is 4.63. The Morgan fingerprint density at radius 1 is 1.11 bits per heavy atom. The Morgan fingerprint density at radius 3 is 2.27 bits per heavy atom. The van der Waals surface area contributed by atoms with Gasteiger partial charge in [-0.05, 0) is 98.1 Å². The lowest BCUT2D eigenvalue weighted by Crippen LogP contribution is -2.59. The number of carbonyl (C=O) groups is 1. The van der Waals surface area contributed by atoms with E-state index in [-0.39, 0.29) is 34.1 Å². The number of phenols is 1. The van der Waals surface area contributed by atoms with Crippen molar-refractivity contribution in [3.8, 4) is 16.9 Å². The van der Waals surface area contributed by atoms with Gasteiger partial charge in [-0.3, -0.25) is 4.79 Å². The van der Waals surface area contributed by atoms with Gasteiger partial charge in [0.1, 0.15) is 11.6 Å². The lowest BCUT2D eigenvalue weighted by atomic mass is 9.39. The summed E-state index contributed by atoms with van der Waals surface area (Å²) in [7, 11) is 5.79. The highest BCUT2D eigenvalue weighted by Gasteiger charge is 2.65. The highest BCUT2D eigenvalue weighted by atomic mass is 19.1. The molecule has 0 heterocycles. The van der Waals surface area contributed by atoms with Crippen molar-refractivity contribution in [1.29, 1.82) is 0 Å². The van der Waals surface area contributed by atoms with Gasteiger partial charge in [0.25, 0.3) is 0 Å². The number of anilines is 1. The number of halogens is 1. The fraction of sp³-hybridized carbons (Fsp3) is 0.475. The van der Waals surface area contributed by atoms with Gasteiger partial charge in [-0.15, -0.1) is 0 Å². The zero-order valence-corrected chi connectivity index (χ0v) is 29.6. The molecule has 3 aliphatic rings. The molecule has 0 fully saturated rings. The number of allylic oxidation sites excluding steroid dienone is 5. The van der Waals surface area contributed by atoms with Crippen molar-refractivity contribution < 1.29 is 14.3 Å². The zero-order chi connectivity index (χ0) is 34.0. The summed E-state index contributed by atoms with van der Waals surface area (Å²) < 4.78 is 15.3. The van der Waals surface area contributed by atoms with Crippen LogP contribution in [-0.2, 0) is 11.2 Å². The summed E-state index contributed by atoms with van der Waals surface area (Å²) in [5.74, 6) is -0.0567. The van der Waals surface area contributed by atoms with Crippen molar-refractivity contribution in [1.82, 2.24) is 5.32 Å². The van der Waals surface area contributed by atoms with Crippen molar-refractivity contribution in [2.45, 2.75) is 81.6 Å². The van der Waals surface area contributed by atoms with Gasteiger partial charge in [0.15, 0.2) is 5.78 Å². The first-order chi connectivity index (χ1) is 21.0. The van der Waals surface area contributed by atoms with Gasteiger partial charge < -0.3 is 15.3 Å². The average Bonchev–Trinajstić information content (AvgIpc) is 2.96. The Kier molecular flexibility index (Phi) is 8.87. The maximum atomic E-state index is 15.3. The number of fused-ring (bicyclic) bond motifs is 3. The summed E-state index contributed by atoms with van der Waals surface area (Å²) in [6, 6.07) is 7.00. The number of hydrogen-bond acceptors (Lipinski definition) is 4. The zero-order valence-electron chi connectivity index (χ0n) is 29.6. The molecule has 0 unspecified atom stereocenters. The second-order valence-electron chi connectivity index (χ2n) is 14.0. The minimum absolute atomic E-state index is 0.0376. The summed E-state index contributed by atoms with van der Waals surface area (Å²) in [4.78, 5) is 16.7. The maximum Gasteiger partial charge on any atom is 0.175 e. The average molecular weight is 613 g/mol. The molecule has 2 aromatic rings. The molecule has 4 atom stereocenters. The summed E-state index contributed by atoms with van der Waals surface area (Å²) >= 11 is 0. The van der Waals surface area contributed by atoms with Gasteiger partial charge in [-0.25, -0.2) is 4.39 Å². The molecular formula is C40H53FN2O2. The van der Waals surface area contributed by atoms with Crippen LogP contribution in [0.1, 0.15) is 84.9 Å². The second kappa shape index (κ2) is 11.6. The Hall–Kier alpha value is -3.60. The monoisotopic (exact) mass is 612 g/mol. The number of rotatable bonds is 5. The van der Waals surface area contributed by atoms with E-state index in [2.05, 4.69) is 60.0 Å². The molecule has 0 saturated heterocycles. The quantitative estimate of drug-likeness (QED) is 0.353. The van der Waals surface area contributed by atoms with Gasteiger partial charge in [0.2, 0.25) is 0 Å². The molecule has 0 spiro atoms. The van der Waals surface area contributed by atoms with E-state index >= 15 is 4.39 Å². The maximum absolute atomic E-state index is 15.3. The highest BCUT2D eigenvalue weighted by Crippen LogP contribution is 2.70. The molecule has 2 aromatic carbocycles. The minimum atomic E-state index is -0.793. The summed E-state index contributed by atoms with van der Waals surface area (Å²) in [6.45, 7) is 27.8. The predicted molar refractivity (Wildman–Crippen MR) is 188 cm³/mol. The van der Waals surface area contributed by atoms with E-state index in [0.717, 1.165) is 51.9 Å². The number of benzene rings is 2. The number of ketones is 1. The molecule has 3 aliphatic carbocycles. The van der Waals surface area contributed by atoms with Crippen molar-refractivity contribution in [3.63, 3.8) is 0 Å². The van der Waals surface area contributed by atoms with E-state index in [4.69, 9.17) is 0 Å². The number of aryl methyl sites for hydroxylation is 1. The van der Waals surface area contributed by atoms with Crippen molar-refractivity contribution >= 4 is 17.0 Å². The first kappa shape index (κ1) is 34.3. The second-order valence-corrected chi connectivity index (χ2v) is 14.0. The van der Waals surface area contributed by atoms with Crippen LogP contribution in [-0.4, -0.2) is 32.0 Å². The number of nitrogens with zero attached hydrogens (tertiary/aromatic N) is 1. The fourth-order valence-corrected chi connectivity index (χ4v) is 9.35. The molecule has 242 valence electrons. The van der Waals surface area contributed by atoms with Crippen LogP contribution < -0.4 is 10.2 Å². The van der Waals surface area contributed by atoms with Crippen LogP contribution in [0.3, 0.4) is 0 Å². The van der Waals surface area contributed by atoms with Crippen molar-refractivity contribution in [2.75, 3.05) is 26.0 Å². The van der Waals surface area contributed by atoms with Crippen LogP contribution in [0.5, 0.6) is 5.75 Å². The smallest absolute Gasteiger partial charge is 0.175 e. The van der Waals surface area contributed by atoms with Gasteiger partial charge in [-0.1, -0.05) is 71.1 Å². The first-order valence-corrected chi connectivity index (χ1v) is 16.4. The number of Topliss-reactive ketones (excluding diaryl/α,β-unsaturated/α-hetero) is 1. The fourth-order valence-electron chi connectivity index (χ4n) is 9.35. The summed E-state index contributed by atoms with van der Waals surface area (Å²) in [6.07, 6.45) is 2.39. The number of aromatic hydroxyl groups is 1. The predicted octanol–water partition coefficient (Wildman–Crippen LogP) is 9.57. The van der Waals surface area contributed by atoms with E-state index in [1.54, 1.807) is 6.07 Å². The summed E-state index contributed by atoms with van der Waals surface area (Å²) in [5, 5.41) is 15.1. The topological polar surface area (TPSA) is 52.6 Å². The van der Waals surface area contributed by atoms with Crippen LogP contribution in [0.25, 0.3) is 16.7 Å². The normalized spacial score (nSPS) is 27.3. The molecule has 0 radical (unpaired) electrons. The number of hydrogen-bond donors (Lipinski definition) is 2. The number of phenolic OH excluding ortho intramolecular Hbond substituents is 1. The standard InChI is InChI=1S/C38H47FN2O2.C2H6/c1-13-28-21(3)31(24(6)40-10)35(43)38(9)23(5)33-22(4)32-27(18-36(33,7)19-37(28,38)8)30(41(11)12)17-26(34(32)42)25-15-14-20(2)16-29(25)39;1-2/h14-17,28,40,42H,4,6,13,18-19H2,1-3,5,7-12H3;1-2H3/t28-,36+,37+,38-;/m1./s1. The van der Waals surface area contributed by atoms with Crippen LogP contribution in [0.2, 0.25) is 0 Å². The van der Waals surface area contributed by atoms with Crippen LogP contribution in [0, 0.1) is 34.9 Å². The van der Waals surface area contributed by atoms with Gasteiger partial charge >= 0.3 is 0 Å². The molecule has 0 bridgehead atoms. The molecule has 0 saturated carbocycles. The molecule has 5 heteroatoms. The van der Waals surface area contributed by atoms with E-state index in [1.165, 1.54) is 6.07 Å². The van der Waals surface area contributed by atoms with Crippen molar-refractivity contribution in [3.05, 3.63) is 87.9 Å². The SMILES string of the molecule is C=C(NC)C1=C(C)[C@@H](CC)[C@]2(C)C[C@]3(C)Cc4c(N(C)C)cc(-c5ccc(C)cc5F)c(O)c4C(=C)C3=C(C)[C@]2(C)C1=O.CC. The largest absolute Gasteiger partial charge is 0.507 e. The molecule has 0 aliphatic heterocycles. The molecule has 2 N–H and O–H groups in total. The minimum Gasteiger partial charge on any atom is -0.507 e. The highest BCUT2D eigenvalue weighted by molar-refractivity contribution is 6.08. The van der Waals surface area contributed by atoms with Gasteiger partial charge in [-0.2, -0.15) is 0 Å². The van der Waals surface area contributed by atoms with Crippen LogP contribution >= 0.6 is 0 Å². The molecule has 0 aromatic heterocycles. The molecule has 5 rings (SSSR count). The third-order valence-corrected chi connectivity index (χ3v) is 11.5. The third-order valence-electron chi connectivity index (χ3n) is 11.5. The van der Waals surface area contributed by atoms with Gasteiger partial charge in [0.05, 0.1) is 5.41 Å². The van der Waals surface area contributed by atoms with Crippen LogP contribution in [0.4, 0.5) is 10.1 Å². The Balaban J connectivity index is 0.00000226. The first-order valence-electron chi connectivity index (χ1n) is 16.4. The molecule has 4 nitrogen and oxygen atoms in total. The van der Waals surface area contributed by atoms with Crippen molar-refractivity contribution in [2.24, 2.45) is 22.2 Å². The number of carbonyl (C=O) groups excluding carboxylic acids is 1. The van der Waals surface area contributed by atoms with E-state index < -0.39 is 5.41 Å². The molecular weight excluding hydrogens is 559 g/mol. The van der Waals surface area contributed by atoms with E-state index in [0.29, 0.717) is 34.4 Å². The summed E-state index contributed by atoms with van der Waals surface area (Å²) in [5.41, 5.74) is 8.01. The Labute approximate surface area is 270 Å². The van der Waals surface area contributed by atoms with Gasteiger partial charge in [0, 0.05) is 54.8 Å². The number of nitrogens with one attached hydrogen (secondary N) is 1. The Morgan fingerprint density at radius 2 is 1.73 bits per heavy atom. The lowest BCUT2D eigenvalue weighted by molar-refractivity contribution is -0.136. The van der Waals surface area contributed by atoms with Crippen LogP contribution in [0.15, 0.2) is 65.4 Å². The lowest BCUT2D eigenvalue weighted by Gasteiger charge is -2.63. The Bertz CT molecular complexity index is 1680. The number of likely N-dealkylation sites (N-methyl/N-ethyl adjacent to an activating group) is 1. The molecule has 45 heavy (non-hydrogen) atoms. The van der Waals surface area contributed by atoms with E-state index in [1.807, 2.05) is 58.9 Å².